The van der Waals surface area contributed by atoms with E-state index in [0.29, 0.717) is 19.4 Å². The average Bonchev–Trinajstić information content (AvgIpc) is 2.31. The summed E-state index contributed by atoms with van der Waals surface area (Å²) in [7, 11) is 0. The van der Waals surface area contributed by atoms with E-state index in [-0.39, 0.29) is 12.6 Å². The van der Waals surface area contributed by atoms with Crippen LogP contribution in [0.4, 0.5) is 9.59 Å². The van der Waals surface area contributed by atoms with Crippen LogP contribution in [0.25, 0.3) is 0 Å². The van der Waals surface area contributed by atoms with E-state index < -0.39 is 17.8 Å². The first-order valence-corrected chi connectivity index (χ1v) is 7.36. The van der Waals surface area contributed by atoms with Crippen molar-refractivity contribution in [2.45, 2.75) is 64.5 Å². The van der Waals surface area contributed by atoms with E-state index in [0.717, 1.165) is 19.3 Å². The van der Waals surface area contributed by atoms with Crippen LogP contribution in [0.5, 0.6) is 0 Å². The molecule has 2 amide bonds. The zero-order valence-corrected chi connectivity index (χ0v) is 13.3. The summed E-state index contributed by atoms with van der Waals surface area (Å²) in [5, 5.41) is 2.85. The number of carbonyl (C=O) groups is 2. The first kappa shape index (κ1) is 19.5. The molecule has 0 aromatic rings. The molecule has 124 valence electrons. The summed E-state index contributed by atoms with van der Waals surface area (Å²) >= 11 is 0. The highest BCUT2D eigenvalue weighted by Gasteiger charge is 2.19. The Morgan fingerprint density at radius 3 is 2.29 bits per heavy atom. The van der Waals surface area contributed by atoms with Gasteiger partial charge in [-0.25, -0.2) is 9.59 Å². The third kappa shape index (κ3) is 13.2. The summed E-state index contributed by atoms with van der Waals surface area (Å²) in [5.74, 6) is 0. The molecule has 0 bridgehead atoms. The van der Waals surface area contributed by atoms with E-state index in [1.54, 1.807) is 0 Å². The van der Waals surface area contributed by atoms with Crippen molar-refractivity contribution in [1.29, 1.82) is 0 Å². The lowest BCUT2D eigenvalue weighted by atomic mass is 10.0. The third-order valence-corrected chi connectivity index (χ3v) is 2.67. The van der Waals surface area contributed by atoms with Crippen LogP contribution in [-0.4, -0.2) is 37.0 Å². The summed E-state index contributed by atoms with van der Waals surface area (Å²) < 4.78 is 9.92. The smallest absolute Gasteiger partial charge is 0.407 e. The Bertz CT molecular complexity index is 316. The maximum absolute atomic E-state index is 11.8. The molecule has 7 heteroatoms. The molecule has 0 rings (SSSR count). The van der Waals surface area contributed by atoms with Gasteiger partial charge in [0.15, 0.2) is 0 Å². The van der Waals surface area contributed by atoms with Gasteiger partial charge < -0.3 is 26.3 Å². The number of rotatable bonds is 9. The standard InChI is InChI=1S/C14H29N3O4/c1-14(2,3)21-13(19)17-11(7-4-5-9-15)8-6-10-20-12(16)18/h11H,4-10,15H2,1-3H3,(H2,16,18)(H,17,19). The maximum atomic E-state index is 11.8. The van der Waals surface area contributed by atoms with Crippen LogP contribution in [0.2, 0.25) is 0 Å². The molecule has 5 N–H and O–H groups in total. The fourth-order valence-electron chi connectivity index (χ4n) is 1.80. The van der Waals surface area contributed by atoms with E-state index in [1.165, 1.54) is 0 Å². The van der Waals surface area contributed by atoms with Crippen molar-refractivity contribution in [1.82, 2.24) is 5.32 Å². The number of nitrogens with one attached hydrogen (secondary N) is 1. The minimum Gasteiger partial charge on any atom is -0.450 e. The Morgan fingerprint density at radius 1 is 1.14 bits per heavy atom. The van der Waals surface area contributed by atoms with Crippen LogP contribution in [0.15, 0.2) is 0 Å². The normalized spacial score (nSPS) is 12.6. The summed E-state index contributed by atoms with van der Waals surface area (Å²) in [4.78, 5) is 22.3. The molecule has 0 aliphatic rings. The Kier molecular flexibility index (Phi) is 9.53. The maximum Gasteiger partial charge on any atom is 0.407 e. The summed E-state index contributed by atoms with van der Waals surface area (Å²) in [5.41, 5.74) is 9.84. The molecule has 0 heterocycles. The molecule has 0 aliphatic heterocycles. The van der Waals surface area contributed by atoms with Gasteiger partial charge in [0.25, 0.3) is 0 Å². The minimum atomic E-state index is -0.783. The molecule has 21 heavy (non-hydrogen) atoms. The number of amides is 2. The van der Waals surface area contributed by atoms with Crippen LogP contribution < -0.4 is 16.8 Å². The predicted molar refractivity (Wildman–Crippen MR) is 80.8 cm³/mol. The highest BCUT2D eigenvalue weighted by Crippen LogP contribution is 2.11. The molecular weight excluding hydrogens is 274 g/mol. The predicted octanol–water partition coefficient (Wildman–Crippen LogP) is 1.88. The zero-order chi connectivity index (χ0) is 16.3. The highest BCUT2D eigenvalue weighted by atomic mass is 16.6. The summed E-state index contributed by atoms with van der Waals surface area (Å²) in [6.45, 7) is 6.33. The molecule has 0 aromatic carbocycles. The van der Waals surface area contributed by atoms with E-state index >= 15 is 0 Å². The Hall–Kier alpha value is -1.50. The number of nitrogens with two attached hydrogens (primary N) is 2. The number of ether oxygens (including phenoxy) is 2. The minimum absolute atomic E-state index is 0.0251. The lowest BCUT2D eigenvalue weighted by Gasteiger charge is -2.23. The Morgan fingerprint density at radius 2 is 1.76 bits per heavy atom. The second-order valence-corrected chi connectivity index (χ2v) is 5.94. The molecule has 0 aromatic heterocycles. The van der Waals surface area contributed by atoms with E-state index in [4.69, 9.17) is 16.2 Å². The van der Waals surface area contributed by atoms with Gasteiger partial charge in [0.2, 0.25) is 0 Å². The first-order valence-electron chi connectivity index (χ1n) is 7.36. The SMILES string of the molecule is CC(C)(C)OC(=O)NC(CCCCN)CCCOC(N)=O. The molecular formula is C14H29N3O4. The van der Waals surface area contributed by atoms with Crippen molar-refractivity contribution in [2.24, 2.45) is 11.5 Å². The van der Waals surface area contributed by atoms with Gasteiger partial charge in [0.05, 0.1) is 6.61 Å². The largest absolute Gasteiger partial charge is 0.450 e. The van der Waals surface area contributed by atoms with Crippen molar-refractivity contribution in [3.63, 3.8) is 0 Å². The summed E-state index contributed by atoms with van der Waals surface area (Å²) in [6.07, 6.45) is 2.75. The van der Waals surface area contributed by atoms with Crippen LogP contribution >= 0.6 is 0 Å². The lowest BCUT2D eigenvalue weighted by molar-refractivity contribution is 0.0495. The van der Waals surface area contributed by atoms with E-state index in [1.807, 2.05) is 20.8 Å². The van der Waals surface area contributed by atoms with Crippen molar-refractivity contribution in [3.8, 4) is 0 Å². The number of hydrogen-bond donors (Lipinski definition) is 3. The number of primary amides is 1. The topological polar surface area (TPSA) is 117 Å². The number of carbonyl (C=O) groups excluding carboxylic acids is 2. The van der Waals surface area contributed by atoms with E-state index in [2.05, 4.69) is 10.1 Å². The van der Waals surface area contributed by atoms with Gasteiger partial charge in [0, 0.05) is 6.04 Å². The van der Waals surface area contributed by atoms with Crippen LogP contribution in [-0.2, 0) is 9.47 Å². The van der Waals surface area contributed by atoms with Crippen LogP contribution in [0.1, 0.15) is 52.9 Å². The monoisotopic (exact) mass is 303 g/mol. The number of alkyl carbamates (subject to hydrolysis) is 1. The van der Waals surface area contributed by atoms with Crippen LogP contribution in [0.3, 0.4) is 0 Å². The number of hydrogen-bond acceptors (Lipinski definition) is 5. The Labute approximate surface area is 126 Å². The third-order valence-electron chi connectivity index (χ3n) is 2.67. The molecule has 1 unspecified atom stereocenters. The molecule has 0 radical (unpaired) electrons. The van der Waals surface area contributed by atoms with Gasteiger partial charge in [0.1, 0.15) is 5.60 Å². The molecule has 0 saturated carbocycles. The molecule has 0 aliphatic carbocycles. The van der Waals surface area contributed by atoms with Crippen molar-refractivity contribution < 1.29 is 19.1 Å². The van der Waals surface area contributed by atoms with Crippen molar-refractivity contribution in [2.75, 3.05) is 13.2 Å². The van der Waals surface area contributed by atoms with Crippen molar-refractivity contribution in [3.05, 3.63) is 0 Å². The van der Waals surface area contributed by atoms with Gasteiger partial charge >= 0.3 is 12.2 Å². The Balaban J connectivity index is 4.17. The fraction of sp³-hybridized carbons (Fsp3) is 0.857. The molecule has 1 atom stereocenters. The van der Waals surface area contributed by atoms with E-state index in [9.17, 15) is 9.59 Å². The quantitative estimate of drug-likeness (QED) is 0.562. The lowest BCUT2D eigenvalue weighted by Crippen LogP contribution is -2.39. The van der Waals surface area contributed by atoms with Gasteiger partial charge in [-0.1, -0.05) is 6.42 Å². The number of unbranched alkanes of at least 4 members (excludes halogenated alkanes) is 1. The van der Waals surface area contributed by atoms with Gasteiger partial charge in [-0.3, -0.25) is 0 Å². The van der Waals surface area contributed by atoms with Crippen LogP contribution in [0, 0.1) is 0 Å². The molecule has 0 saturated heterocycles. The fourth-order valence-corrected chi connectivity index (χ4v) is 1.80. The van der Waals surface area contributed by atoms with Crippen molar-refractivity contribution >= 4 is 12.2 Å². The van der Waals surface area contributed by atoms with Gasteiger partial charge in [-0.05, 0) is 53.0 Å². The first-order chi connectivity index (χ1) is 9.74. The molecule has 7 nitrogen and oxygen atoms in total. The second-order valence-electron chi connectivity index (χ2n) is 5.94. The zero-order valence-electron chi connectivity index (χ0n) is 13.3. The highest BCUT2D eigenvalue weighted by molar-refractivity contribution is 5.68. The summed E-state index contributed by atoms with van der Waals surface area (Å²) in [6, 6.07) is -0.0251. The molecule has 0 spiro atoms. The average molecular weight is 303 g/mol. The molecule has 0 fully saturated rings. The van der Waals surface area contributed by atoms with Gasteiger partial charge in [-0.2, -0.15) is 0 Å². The second kappa shape index (κ2) is 10.3. The van der Waals surface area contributed by atoms with Gasteiger partial charge in [-0.15, -0.1) is 0 Å².